The smallest absolute Gasteiger partial charge is 0.224 e. The van der Waals surface area contributed by atoms with Gasteiger partial charge >= 0.3 is 0 Å². The van der Waals surface area contributed by atoms with Crippen molar-refractivity contribution in [3.8, 4) is 5.75 Å². The molecule has 27 heavy (non-hydrogen) atoms. The van der Waals surface area contributed by atoms with Crippen molar-refractivity contribution >= 4 is 17.3 Å². The van der Waals surface area contributed by atoms with Crippen LogP contribution in [0.4, 0.5) is 15.8 Å². The predicted octanol–water partition coefficient (Wildman–Crippen LogP) is 5.44. The average molecular weight is 370 g/mol. The van der Waals surface area contributed by atoms with Gasteiger partial charge in [-0.15, -0.1) is 0 Å². The molecule has 1 amide bonds. The lowest BCUT2D eigenvalue weighted by molar-refractivity contribution is -0.117. The van der Waals surface area contributed by atoms with Gasteiger partial charge < -0.3 is 15.4 Å². The van der Waals surface area contributed by atoms with Gasteiger partial charge in [0.2, 0.25) is 5.91 Å². The van der Waals surface area contributed by atoms with Gasteiger partial charge in [0.25, 0.3) is 0 Å². The second-order valence-electron chi connectivity index (χ2n) is 8.33. The molecule has 0 saturated heterocycles. The number of hydrogen-bond acceptors (Lipinski definition) is 3. The number of anilines is 2. The molecule has 0 radical (unpaired) electrons. The highest BCUT2D eigenvalue weighted by Crippen LogP contribution is 2.38. The number of amides is 1. The molecule has 144 valence electrons. The van der Waals surface area contributed by atoms with E-state index >= 15 is 0 Å². The highest BCUT2D eigenvalue weighted by Gasteiger charge is 2.24. The van der Waals surface area contributed by atoms with Gasteiger partial charge in [0.1, 0.15) is 11.6 Å². The van der Waals surface area contributed by atoms with Crippen molar-refractivity contribution in [1.29, 1.82) is 0 Å². The van der Waals surface area contributed by atoms with E-state index in [1.165, 1.54) is 12.1 Å². The van der Waals surface area contributed by atoms with Gasteiger partial charge in [-0.1, -0.05) is 20.8 Å². The molecule has 0 saturated carbocycles. The molecule has 1 aliphatic heterocycles. The number of carbonyl (C=O) groups is 1. The standard InChI is InChI=1S/C22H27FN2O2/c1-14-11-17-18(24-16-7-5-15(23)6-8-16)9-10-27-20(17)12-19(14)25-21(26)13-22(2,3)4/h5-8,11-12,18,24H,9-10,13H2,1-4H3,(H,25,26). The van der Waals surface area contributed by atoms with Crippen molar-refractivity contribution < 1.29 is 13.9 Å². The minimum absolute atomic E-state index is 0.00217. The summed E-state index contributed by atoms with van der Waals surface area (Å²) in [5.74, 6) is 0.527. The molecule has 1 heterocycles. The van der Waals surface area contributed by atoms with Crippen molar-refractivity contribution in [2.45, 2.75) is 46.6 Å². The molecule has 0 bridgehead atoms. The molecule has 0 aromatic heterocycles. The van der Waals surface area contributed by atoms with Crippen molar-refractivity contribution in [2.75, 3.05) is 17.2 Å². The van der Waals surface area contributed by atoms with Gasteiger partial charge in [0, 0.05) is 35.8 Å². The van der Waals surface area contributed by atoms with Gasteiger partial charge in [-0.25, -0.2) is 4.39 Å². The zero-order valence-electron chi connectivity index (χ0n) is 16.4. The molecule has 1 aliphatic rings. The Morgan fingerprint density at radius 2 is 1.93 bits per heavy atom. The van der Waals surface area contributed by atoms with Crippen LogP contribution in [0.2, 0.25) is 0 Å². The number of benzene rings is 2. The van der Waals surface area contributed by atoms with Crippen LogP contribution < -0.4 is 15.4 Å². The van der Waals surface area contributed by atoms with Crippen LogP contribution >= 0.6 is 0 Å². The van der Waals surface area contributed by atoms with Crippen LogP contribution in [0.15, 0.2) is 36.4 Å². The quantitative estimate of drug-likeness (QED) is 0.753. The van der Waals surface area contributed by atoms with Gasteiger partial charge in [0.15, 0.2) is 0 Å². The van der Waals surface area contributed by atoms with Crippen LogP contribution in [-0.4, -0.2) is 12.5 Å². The molecule has 0 aliphatic carbocycles. The number of hydrogen-bond donors (Lipinski definition) is 2. The number of aryl methyl sites for hydroxylation is 1. The third-order valence-corrected chi connectivity index (χ3v) is 4.55. The van der Waals surface area contributed by atoms with Gasteiger partial charge in [-0.2, -0.15) is 0 Å². The number of fused-ring (bicyclic) bond motifs is 1. The fraction of sp³-hybridized carbons (Fsp3) is 0.409. The maximum absolute atomic E-state index is 13.1. The molecule has 2 aromatic carbocycles. The average Bonchev–Trinajstić information content (AvgIpc) is 2.56. The summed E-state index contributed by atoms with van der Waals surface area (Å²) in [6.07, 6.45) is 1.28. The van der Waals surface area contributed by atoms with E-state index in [0.717, 1.165) is 34.7 Å². The largest absolute Gasteiger partial charge is 0.493 e. The number of carbonyl (C=O) groups excluding carboxylic acids is 1. The van der Waals surface area contributed by atoms with E-state index in [0.29, 0.717) is 13.0 Å². The molecular formula is C22H27FN2O2. The second kappa shape index (κ2) is 7.59. The summed E-state index contributed by atoms with van der Waals surface area (Å²) in [6, 6.07) is 10.4. The number of nitrogens with one attached hydrogen (secondary N) is 2. The van der Waals surface area contributed by atoms with Crippen molar-refractivity contribution in [1.82, 2.24) is 0 Å². The van der Waals surface area contributed by atoms with Crippen molar-refractivity contribution in [3.63, 3.8) is 0 Å². The van der Waals surface area contributed by atoms with E-state index in [9.17, 15) is 9.18 Å². The number of rotatable bonds is 4. The summed E-state index contributed by atoms with van der Waals surface area (Å²) >= 11 is 0. The van der Waals surface area contributed by atoms with Crippen LogP contribution in [0, 0.1) is 18.2 Å². The molecule has 5 heteroatoms. The summed E-state index contributed by atoms with van der Waals surface area (Å²) in [7, 11) is 0. The first-order valence-corrected chi connectivity index (χ1v) is 9.30. The summed E-state index contributed by atoms with van der Waals surface area (Å²) in [4.78, 5) is 12.3. The van der Waals surface area contributed by atoms with Crippen LogP contribution in [0.5, 0.6) is 5.75 Å². The van der Waals surface area contributed by atoms with Crippen molar-refractivity contribution in [3.05, 3.63) is 53.3 Å². The number of halogens is 1. The summed E-state index contributed by atoms with van der Waals surface area (Å²) in [5, 5.41) is 6.46. The summed E-state index contributed by atoms with van der Waals surface area (Å²) in [6.45, 7) is 8.70. The SMILES string of the molecule is Cc1cc2c(cc1NC(=O)CC(C)(C)C)OCCC2Nc1ccc(F)cc1. The maximum Gasteiger partial charge on any atom is 0.224 e. The van der Waals surface area contributed by atoms with E-state index in [4.69, 9.17) is 4.74 Å². The number of ether oxygens (including phenoxy) is 1. The third kappa shape index (κ3) is 5.00. The maximum atomic E-state index is 13.1. The lowest BCUT2D eigenvalue weighted by Crippen LogP contribution is -2.22. The Labute approximate surface area is 160 Å². The Hall–Kier alpha value is -2.56. The summed E-state index contributed by atoms with van der Waals surface area (Å²) in [5.41, 5.74) is 3.64. The topological polar surface area (TPSA) is 50.4 Å². The first-order chi connectivity index (χ1) is 12.7. The predicted molar refractivity (Wildman–Crippen MR) is 107 cm³/mol. The Kier molecular flexibility index (Phi) is 5.40. The Morgan fingerprint density at radius 1 is 1.22 bits per heavy atom. The molecule has 0 fully saturated rings. The molecular weight excluding hydrogens is 343 g/mol. The Balaban J connectivity index is 1.79. The van der Waals surface area contributed by atoms with Crippen LogP contribution in [0.25, 0.3) is 0 Å². The van der Waals surface area contributed by atoms with E-state index in [1.54, 1.807) is 12.1 Å². The molecule has 3 rings (SSSR count). The Bertz CT molecular complexity index is 825. The van der Waals surface area contributed by atoms with Gasteiger partial charge in [0.05, 0.1) is 12.6 Å². The zero-order valence-corrected chi connectivity index (χ0v) is 16.4. The fourth-order valence-electron chi connectivity index (χ4n) is 3.26. The van der Waals surface area contributed by atoms with Crippen molar-refractivity contribution in [2.24, 2.45) is 5.41 Å². The highest BCUT2D eigenvalue weighted by atomic mass is 19.1. The Morgan fingerprint density at radius 3 is 2.59 bits per heavy atom. The van der Waals surface area contributed by atoms with E-state index in [2.05, 4.69) is 16.7 Å². The molecule has 1 atom stereocenters. The molecule has 2 aromatic rings. The lowest BCUT2D eigenvalue weighted by atomic mass is 9.91. The second-order valence-corrected chi connectivity index (χ2v) is 8.33. The van der Waals surface area contributed by atoms with Gasteiger partial charge in [-0.3, -0.25) is 4.79 Å². The monoisotopic (exact) mass is 370 g/mol. The zero-order chi connectivity index (χ0) is 19.6. The van der Waals surface area contributed by atoms with E-state index in [-0.39, 0.29) is 23.2 Å². The minimum atomic E-state index is -0.251. The lowest BCUT2D eigenvalue weighted by Gasteiger charge is -2.29. The first-order valence-electron chi connectivity index (χ1n) is 9.30. The van der Waals surface area contributed by atoms with Crippen LogP contribution in [-0.2, 0) is 4.79 Å². The molecule has 0 spiro atoms. The van der Waals surface area contributed by atoms with Gasteiger partial charge in [-0.05, 0) is 48.2 Å². The molecule has 1 unspecified atom stereocenters. The van der Waals surface area contributed by atoms with Crippen LogP contribution in [0.1, 0.15) is 50.8 Å². The highest BCUT2D eigenvalue weighted by molar-refractivity contribution is 5.92. The van der Waals surface area contributed by atoms with E-state index in [1.807, 2.05) is 33.8 Å². The third-order valence-electron chi connectivity index (χ3n) is 4.55. The summed E-state index contributed by atoms with van der Waals surface area (Å²) < 4.78 is 19.0. The minimum Gasteiger partial charge on any atom is -0.493 e. The molecule has 2 N–H and O–H groups in total. The fourth-order valence-corrected chi connectivity index (χ4v) is 3.26. The normalized spacial score (nSPS) is 16.3. The first kappa shape index (κ1) is 19.2. The van der Waals surface area contributed by atoms with E-state index < -0.39 is 0 Å². The molecule has 4 nitrogen and oxygen atoms in total. The van der Waals surface area contributed by atoms with Crippen LogP contribution in [0.3, 0.4) is 0 Å².